The third-order valence-corrected chi connectivity index (χ3v) is 3.75. The van der Waals surface area contributed by atoms with Gasteiger partial charge in [0.25, 0.3) is 0 Å². The molecule has 0 aliphatic heterocycles. The Bertz CT molecular complexity index is 820. The molecule has 2 aromatic rings. The van der Waals surface area contributed by atoms with Crippen molar-refractivity contribution in [3.63, 3.8) is 0 Å². The highest BCUT2D eigenvalue weighted by Gasteiger charge is 2.15. The molecule has 8 nitrogen and oxygen atoms in total. The van der Waals surface area contributed by atoms with Crippen molar-refractivity contribution in [1.82, 2.24) is 5.32 Å². The number of hydrogen-bond donors (Lipinski definition) is 2. The normalized spacial score (nSPS) is 10.7. The minimum absolute atomic E-state index is 0. The number of halogens is 1. The number of hydrogen-bond acceptors (Lipinski definition) is 6. The van der Waals surface area contributed by atoms with Crippen LogP contribution in [0.1, 0.15) is 28.8 Å². The summed E-state index contributed by atoms with van der Waals surface area (Å²) >= 11 is 0. The molecule has 0 amide bonds. The Labute approximate surface area is 181 Å². The van der Waals surface area contributed by atoms with Gasteiger partial charge in [0.15, 0.2) is 17.5 Å². The quantitative estimate of drug-likeness (QED) is 0.258. The van der Waals surface area contributed by atoms with Crippen LogP contribution < -0.4 is 20.1 Å². The molecule has 28 heavy (non-hydrogen) atoms. The first-order valence-electron chi connectivity index (χ1n) is 8.48. The van der Waals surface area contributed by atoms with Crippen molar-refractivity contribution in [2.75, 3.05) is 33.2 Å². The lowest BCUT2D eigenvalue weighted by Gasteiger charge is -2.14. The van der Waals surface area contributed by atoms with Crippen molar-refractivity contribution in [2.24, 2.45) is 4.99 Å². The van der Waals surface area contributed by atoms with E-state index >= 15 is 0 Å². The van der Waals surface area contributed by atoms with Crippen LogP contribution in [0, 0.1) is 6.92 Å². The van der Waals surface area contributed by atoms with Gasteiger partial charge < -0.3 is 29.3 Å². The molecule has 2 N–H and O–H groups in total. The summed E-state index contributed by atoms with van der Waals surface area (Å²) in [6.45, 7) is 4.52. The number of furan rings is 1. The summed E-state index contributed by atoms with van der Waals surface area (Å²) in [6, 6.07) is 7.17. The number of carbonyl (C=O) groups is 1. The summed E-state index contributed by atoms with van der Waals surface area (Å²) in [5.74, 6) is 2.53. The molecule has 1 heterocycles. The third-order valence-electron chi connectivity index (χ3n) is 3.75. The van der Waals surface area contributed by atoms with Crippen LogP contribution >= 0.6 is 24.0 Å². The molecular weight excluding hydrogens is 477 g/mol. The van der Waals surface area contributed by atoms with E-state index in [0.29, 0.717) is 47.7 Å². The van der Waals surface area contributed by atoms with E-state index in [2.05, 4.69) is 15.6 Å². The predicted octanol–water partition coefficient (Wildman–Crippen LogP) is 3.59. The lowest BCUT2D eigenvalue weighted by Crippen LogP contribution is -2.30. The molecule has 0 saturated heterocycles. The second-order valence-electron chi connectivity index (χ2n) is 5.52. The van der Waals surface area contributed by atoms with Crippen LogP contribution in [0.15, 0.2) is 33.7 Å². The number of methoxy groups -OCH3 is 2. The minimum atomic E-state index is -0.424. The molecule has 0 radical (unpaired) electrons. The number of nitrogens with one attached hydrogen (secondary N) is 2. The van der Waals surface area contributed by atoms with Crippen LogP contribution in [-0.4, -0.2) is 39.8 Å². The van der Waals surface area contributed by atoms with E-state index in [0.717, 1.165) is 5.69 Å². The zero-order valence-corrected chi connectivity index (χ0v) is 19.0. The molecular formula is C19H26IN3O5. The summed E-state index contributed by atoms with van der Waals surface area (Å²) < 4.78 is 21.2. The van der Waals surface area contributed by atoms with Crippen LogP contribution in [0.5, 0.6) is 11.5 Å². The molecule has 0 spiro atoms. The number of rotatable bonds is 7. The number of benzene rings is 1. The molecule has 154 valence electrons. The number of carbonyl (C=O) groups excluding carboxylic acids is 1. The van der Waals surface area contributed by atoms with Crippen molar-refractivity contribution >= 4 is 41.6 Å². The fourth-order valence-corrected chi connectivity index (χ4v) is 2.45. The second kappa shape index (κ2) is 11.4. The zero-order chi connectivity index (χ0) is 19.8. The van der Waals surface area contributed by atoms with E-state index in [4.69, 9.17) is 18.6 Å². The Morgan fingerprint density at radius 1 is 1.21 bits per heavy atom. The van der Waals surface area contributed by atoms with Gasteiger partial charge in [-0.05, 0) is 32.0 Å². The summed E-state index contributed by atoms with van der Waals surface area (Å²) in [5.41, 5.74) is 1.20. The number of esters is 1. The number of nitrogens with zero attached hydrogens (tertiary/aromatic N) is 1. The van der Waals surface area contributed by atoms with Gasteiger partial charge in [0, 0.05) is 18.8 Å². The Balaban J connectivity index is 0.00000392. The molecule has 0 fully saturated rings. The number of aryl methyl sites for hydroxylation is 1. The van der Waals surface area contributed by atoms with E-state index in [1.165, 1.54) is 7.11 Å². The van der Waals surface area contributed by atoms with E-state index in [9.17, 15) is 4.79 Å². The molecule has 0 unspecified atom stereocenters. The lowest BCUT2D eigenvalue weighted by atomic mass is 10.2. The number of anilines is 1. The molecule has 0 saturated carbocycles. The zero-order valence-electron chi connectivity index (χ0n) is 16.6. The monoisotopic (exact) mass is 503 g/mol. The highest BCUT2D eigenvalue weighted by atomic mass is 127. The fraction of sp³-hybridized carbons (Fsp3) is 0.368. The first-order chi connectivity index (χ1) is 13.0. The number of guanidine groups is 1. The third kappa shape index (κ3) is 6.04. The fourth-order valence-electron chi connectivity index (χ4n) is 2.45. The van der Waals surface area contributed by atoms with E-state index < -0.39 is 5.97 Å². The Kier molecular flexibility index (Phi) is 9.63. The Morgan fingerprint density at radius 2 is 1.96 bits per heavy atom. The van der Waals surface area contributed by atoms with E-state index in [-0.39, 0.29) is 24.0 Å². The van der Waals surface area contributed by atoms with Gasteiger partial charge in [-0.25, -0.2) is 4.79 Å². The van der Waals surface area contributed by atoms with Gasteiger partial charge in [0.1, 0.15) is 17.1 Å². The maximum atomic E-state index is 11.7. The van der Waals surface area contributed by atoms with Crippen LogP contribution in [0.25, 0.3) is 0 Å². The van der Waals surface area contributed by atoms with Gasteiger partial charge in [-0.1, -0.05) is 0 Å². The average Bonchev–Trinajstić information content (AvgIpc) is 3.05. The molecule has 0 aliphatic rings. The van der Waals surface area contributed by atoms with Gasteiger partial charge >= 0.3 is 5.97 Å². The second-order valence-corrected chi connectivity index (χ2v) is 5.52. The molecule has 0 atom stereocenters. The van der Waals surface area contributed by atoms with Crippen LogP contribution in [0.3, 0.4) is 0 Å². The molecule has 0 bridgehead atoms. The summed E-state index contributed by atoms with van der Waals surface area (Å²) in [4.78, 5) is 15.8. The van der Waals surface area contributed by atoms with Gasteiger partial charge in [-0.2, -0.15) is 0 Å². The molecule has 2 rings (SSSR count). The average molecular weight is 503 g/mol. The maximum Gasteiger partial charge on any atom is 0.341 e. The molecule has 1 aromatic carbocycles. The lowest BCUT2D eigenvalue weighted by molar-refractivity contribution is 0.0599. The van der Waals surface area contributed by atoms with E-state index in [1.807, 2.05) is 25.1 Å². The summed E-state index contributed by atoms with van der Waals surface area (Å²) in [7, 11) is 4.60. The summed E-state index contributed by atoms with van der Waals surface area (Å²) in [6.07, 6.45) is 0. The first kappa shape index (κ1) is 23.6. The maximum absolute atomic E-state index is 11.7. The van der Waals surface area contributed by atoms with Crippen molar-refractivity contribution in [3.05, 3.63) is 41.3 Å². The largest absolute Gasteiger partial charge is 0.493 e. The first-order valence-corrected chi connectivity index (χ1v) is 8.48. The van der Waals surface area contributed by atoms with Gasteiger partial charge in [-0.3, -0.25) is 4.99 Å². The smallest absolute Gasteiger partial charge is 0.341 e. The number of aliphatic imine (C=N–C) groups is 1. The van der Waals surface area contributed by atoms with Crippen LogP contribution in [0.2, 0.25) is 0 Å². The van der Waals surface area contributed by atoms with Crippen LogP contribution in [-0.2, 0) is 11.3 Å². The van der Waals surface area contributed by atoms with Crippen molar-refractivity contribution < 1.29 is 23.4 Å². The van der Waals surface area contributed by atoms with Gasteiger partial charge in [0.2, 0.25) is 0 Å². The van der Waals surface area contributed by atoms with E-state index in [1.54, 1.807) is 27.1 Å². The highest BCUT2D eigenvalue weighted by Crippen LogP contribution is 2.30. The van der Waals surface area contributed by atoms with Gasteiger partial charge in [-0.15, -0.1) is 24.0 Å². The Hall–Kier alpha value is -2.43. The predicted molar refractivity (Wildman–Crippen MR) is 118 cm³/mol. The molecule has 9 heteroatoms. The highest BCUT2D eigenvalue weighted by molar-refractivity contribution is 14.0. The van der Waals surface area contributed by atoms with Crippen LogP contribution in [0.4, 0.5) is 5.69 Å². The van der Waals surface area contributed by atoms with Crippen molar-refractivity contribution in [3.8, 4) is 11.5 Å². The topological polar surface area (TPSA) is 94.3 Å². The van der Waals surface area contributed by atoms with Crippen molar-refractivity contribution in [1.29, 1.82) is 0 Å². The van der Waals surface area contributed by atoms with Crippen molar-refractivity contribution in [2.45, 2.75) is 20.4 Å². The standard InChI is InChI=1S/C19H25N3O5.HI/c1-6-26-17-9-13(7-8-16(17)24-4)22-19(20-3)21-11-14-10-15(12(2)27-14)18(23)25-5;/h7-10H,6,11H2,1-5H3,(H2,20,21,22);1H. The molecule has 1 aromatic heterocycles. The Morgan fingerprint density at radius 3 is 2.57 bits per heavy atom. The minimum Gasteiger partial charge on any atom is -0.493 e. The summed E-state index contributed by atoms with van der Waals surface area (Å²) in [5, 5.41) is 6.31. The SMILES string of the molecule is CCOc1cc(NC(=NC)NCc2cc(C(=O)OC)c(C)o2)ccc1OC.I. The van der Waals surface area contributed by atoms with Gasteiger partial charge in [0.05, 0.1) is 27.4 Å². The number of ether oxygens (including phenoxy) is 3. The molecule has 0 aliphatic carbocycles.